The summed E-state index contributed by atoms with van der Waals surface area (Å²) in [4.78, 5) is 34.3. The zero-order valence-corrected chi connectivity index (χ0v) is 7.90. The average molecular weight is 191 g/mol. The van der Waals surface area contributed by atoms with Crippen molar-refractivity contribution in [2.45, 2.75) is 19.2 Å². The normalized spacial score (nSPS) is 17.6. The minimum absolute atomic E-state index is 0.0304. The van der Waals surface area contributed by atoms with Gasteiger partial charge >= 0.3 is 0 Å². The molecule has 1 heterocycles. The third kappa shape index (κ3) is 2.10. The van der Waals surface area contributed by atoms with Crippen molar-refractivity contribution in [1.29, 1.82) is 0 Å². The summed E-state index contributed by atoms with van der Waals surface area (Å²) < 4.78 is 0. The Morgan fingerprint density at radius 3 is 2.36 bits per heavy atom. The van der Waals surface area contributed by atoms with E-state index in [4.69, 9.17) is 7.85 Å². The standard InChI is InChI=1S/C9H10BNO3/c1-2-7(12)6(10)5-11-8(13)3-4-9(11)14/h3-4,6H,2,5H2,1H3. The SMILES string of the molecule is [B]C(CN1C(=O)C=CC1=O)C(=O)CC. The number of ketones is 1. The molecule has 4 nitrogen and oxygen atoms in total. The van der Waals surface area contributed by atoms with Crippen LogP contribution in [0.4, 0.5) is 0 Å². The van der Waals surface area contributed by atoms with Crippen LogP contribution in [-0.4, -0.2) is 36.9 Å². The summed E-state index contributed by atoms with van der Waals surface area (Å²) >= 11 is 0. The third-order valence-electron chi connectivity index (χ3n) is 2.04. The van der Waals surface area contributed by atoms with Gasteiger partial charge in [0.2, 0.25) is 0 Å². The van der Waals surface area contributed by atoms with Crippen molar-refractivity contribution in [3.8, 4) is 0 Å². The molecule has 0 saturated heterocycles. The first-order valence-corrected chi connectivity index (χ1v) is 4.38. The summed E-state index contributed by atoms with van der Waals surface area (Å²) in [6.07, 6.45) is 2.65. The number of amides is 2. The fraction of sp³-hybridized carbons (Fsp3) is 0.444. The van der Waals surface area contributed by atoms with Crippen molar-refractivity contribution < 1.29 is 14.4 Å². The van der Waals surface area contributed by atoms with Gasteiger partial charge in [0.1, 0.15) is 5.78 Å². The molecule has 0 aromatic rings. The van der Waals surface area contributed by atoms with Gasteiger partial charge in [0.15, 0.2) is 0 Å². The van der Waals surface area contributed by atoms with Crippen LogP contribution in [-0.2, 0) is 14.4 Å². The first-order valence-electron chi connectivity index (χ1n) is 4.38. The van der Waals surface area contributed by atoms with Crippen LogP contribution in [0.1, 0.15) is 13.3 Å². The molecule has 0 fully saturated rings. The number of carbonyl (C=O) groups excluding carboxylic acids is 3. The van der Waals surface area contributed by atoms with Crippen molar-refractivity contribution in [1.82, 2.24) is 4.90 Å². The molecular formula is C9H10BNO3. The van der Waals surface area contributed by atoms with Crippen molar-refractivity contribution in [2.75, 3.05) is 6.54 Å². The highest BCUT2D eigenvalue weighted by atomic mass is 16.2. The topological polar surface area (TPSA) is 54.5 Å². The van der Waals surface area contributed by atoms with Crippen LogP contribution in [0, 0.1) is 0 Å². The van der Waals surface area contributed by atoms with E-state index in [9.17, 15) is 14.4 Å². The Morgan fingerprint density at radius 2 is 1.93 bits per heavy atom. The molecule has 2 radical (unpaired) electrons. The van der Waals surface area contributed by atoms with Gasteiger partial charge in [-0.2, -0.15) is 0 Å². The Labute approximate surface area is 83.4 Å². The van der Waals surface area contributed by atoms with Crippen LogP contribution in [0.3, 0.4) is 0 Å². The average Bonchev–Trinajstić information content (AvgIpc) is 2.48. The number of carbonyl (C=O) groups is 3. The van der Waals surface area contributed by atoms with Crippen LogP contribution in [0.25, 0.3) is 0 Å². The zero-order chi connectivity index (χ0) is 10.7. The van der Waals surface area contributed by atoms with Gasteiger partial charge in [-0.15, -0.1) is 0 Å². The summed E-state index contributed by atoms with van der Waals surface area (Å²) in [5, 5.41) is 0. The number of imide groups is 1. The minimum atomic E-state index is -0.771. The monoisotopic (exact) mass is 191 g/mol. The summed E-state index contributed by atoms with van der Waals surface area (Å²) in [5.74, 6) is -1.74. The van der Waals surface area contributed by atoms with Gasteiger partial charge in [0.25, 0.3) is 11.8 Å². The van der Waals surface area contributed by atoms with Crippen LogP contribution >= 0.6 is 0 Å². The predicted octanol–water partition coefficient (Wildman–Crippen LogP) is -0.153. The summed E-state index contributed by atoms with van der Waals surface area (Å²) in [5.41, 5.74) is 0. The maximum Gasteiger partial charge on any atom is 0.253 e. The van der Waals surface area contributed by atoms with Crippen LogP contribution < -0.4 is 0 Å². The Kier molecular flexibility index (Phi) is 3.22. The lowest BCUT2D eigenvalue weighted by molar-refractivity contribution is -0.137. The van der Waals surface area contributed by atoms with Crippen LogP contribution in [0.5, 0.6) is 0 Å². The highest BCUT2D eigenvalue weighted by molar-refractivity contribution is 6.25. The number of Topliss-reactive ketones (excluding diaryl/α,β-unsaturated/α-hetero) is 1. The molecule has 1 rings (SSSR count). The van der Waals surface area contributed by atoms with Gasteiger partial charge in [-0.05, 0) is 5.82 Å². The predicted molar refractivity (Wildman–Crippen MR) is 50.7 cm³/mol. The van der Waals surface area contributed by atoms with E-state index < -0.39 is 17.6 Å². The molecule has 0 bridgehead atoms. The van der Waals surface area contributed by atoms with Crippen LogP contribution in [0.15, 0.2) is 12.2 Å². The molecule has 1 atom stereocenters. The fourth-order valence-corrected chi connectivity index (χ4v) is 1.17. The molecule has 14 heavy (non-hydrogen) atoms. The van der Waals surface area contributed by atoms with Crippen molar-refractivity contribution in [2.24, 2.45) is 0 Å². The quantitative estimate of drug-likeness (QED) is 0.458. The van der Waals surface area contributed by atoms with Gasteiger partial charge in [-0.3, -0.25) is 14.5 Å². The summed E-state index contributed by atoms with van der Waals surface area (Å²) in [7, 11) is 5.51. The van der Waals surface area contributed by atoms with E-state index in [0.717, 1.165) is 4.90 Å². The Morgan fingerprint density at radius 1 is 1.43 bits per heavy atom. The molecule has 0 aromatic heterocycles. The van der Waals surface area contributed by atoms with Crippen LogP contribution in [0.2, 0.25) is 5.82 Å². The molecule has 2 amide bonds. The van der Waals surface area contributed by atoms with E-state index in [-0.39, 0.29) is 12.3 Å². The number of hydrogen-bond donors (Lipinski definition) is 0. The smallest absolute Gasteiger partial charge is 0.253 e. The van der Waals surface area contributed by atoms with Gasteiger partial charge in [-0.1, -0.05) is 6.92 Å². The Balaban J connectivity index is 2.57. The molecule has 0 aliphatic carbocycles. The molecular weight excluding hydrogens is 181 g/mol. The summed E-state index contributed by atoms with van der Waals surface area (Å²) in [6, 6.07) is 0. The molecule has 72 valence electrons. The molecule has 0 saturated carbocycles. The maximum absolute atomic E-state index is 11.1. The van der Waals surface area contributed by atoms with Gasteiger partial charge in [0, 0.05) is 25.1 Å². The molecule has 5 heteroatoms. The molecule has 0 N–H and O–H groups in total. The van der Waals surface area contributed by atoms with Crippen molar-refractivity contribution in [3.05, 3.63) is 12.2 Å². The molecule has 0 spiro atoms. The largest absolute Gasteiger partial charge is 0.300 e. The van der Waals surface area contributed by atoms with Gasteiger partial charge in [0.05, 0.1) is 7.85 Å². The Bertz CT molecular complexity index is 293. The molecule has 0 aromatic carbocycles. The van der Waals surface area contributed by atoms with Gasteiger partial charge in [-0.25, -0.2) is 0 Å². The van der Waals surface area contributed by atoms with E-state index >= 15 is 0 Å². The van der Waals surface area contributed by atoms with Gasteiger partial charge < -0.3 is 4.79 Å². The number of rotatable bonds is 4. The van der Waals surface area contributed by atoms with E-state index in [1.165, 1.54) is 12.2 Å². The highest BCUT2D eigenvalue weighted by Gasteiger charge is 2.26. The molecule has 1 aliphatic heterocycles. The Hall–Kier alpha value is -1.39. The number of hydrogen-bond acceptors (Lipinski definition) is 3. The highest BCUT2D eigenvalue weighted by Crippen LogP contribution is 2.11. The third-order valence-corrected chi connectivity index (χ3v) is 2.04. The zero-order valence-electron chi connectivity index (χ0n) is 7.90. The maximum atomic E-state index is 11.1. The first kappa shape index (κ1) is 10.7. The number of nitrogens with zero attached hydrogens (tertiary/aromatic N) is 1. The second-order valence-corrected chi connectivity index (χ2v) is 3.05. The lowest BCUT2D eigenvalue weighted by Gasteiger charge is -2.17. The second-order valence-electron chi connectivity index (χ2n) is 3.05. The molecule has 1 aliphatic rings. The second kappa shape index (κ2) is 4.22. The van der Waals surface area contributed by atoms with Crippen molar-refractivity contribution >= 4 is 25.4 Å². The van der Waals surface area contributed by atoms with E-state index in [1.54, 1.807) is 6.92 Å². The first-order chi connectivity index (χ1) is 6.56. The lowest BCUT2D eigenvalue weighted by Crippen LogP contribution is -2.35. The van der Waals surface area contributed by atoms with E-state index in [2.05, 4.69) is 0 Å². The summed E-state index contributed by atoms with van der Waals surface area (Å²) in [6.45, 7) is 1.66. The fourth-order valence-electron chi connectivity index (χ4n) is 1.17. The van der Waals surface area contributed by atoms with E-state index in [0.29, 0.717) is 6.42 Å². The molecule has 1 unspecified atom stereocenters. The van der Waals surface area contributed by atoms with Crippen molar-refractivity contribution in [3.63, 3.8) is 0 Å². The van der Waals surface area contributed by atoms with E-state index in [1.807, 2.05) is 0 Å². The minimum Gasteiger partial charge on any atom is -0.300 e. The lowest BCUT2D eigenvalue weighted by atomic mass is 9.82.